The van der Waals surface area contributed by atoms with Gasteiger partial charge < -0.3 is 10.2 Å². The van der Waals surface area contributed by atoms with Gasteiger partial charge >= 0.3 is 24.3 Å². The van der Waals surface area contributed by atoms with Gasteiger partial charge in [0.05, 0.1) is 16.5 Å². The van der Waals surface area contributed by atoms with Crippen molar-refractivity contribution < 1.29 is 55.7 Å². The number of halogens is 6. The predicted octanol–water partition coefficient (Wildman–Crippen LogP) is 11.0. The van der Waals surface area contributed by atoms with Crippen LogP contribution in [0.2, 0.25) is 0 Å². The molecule has 0 aliphatic heterocycles. The number of aromatic carboxylic acids is 2. The number of hydrogen-bond acceptors (Lipinski definition) is 4. The van der Waals surface area contributed by atoms with E-state index in [1.807, 2.05) is 36.4 Å². The highest BCUT2D eigenvalue weighted by atomic mass is 19.4. The summed E-state index contributed by atoms with van der Waals surface area (Å²) < 4.78 is 90.3. The van der Waals surface area contributed by atoms with E-state index in [4.69, 9.17) is 0 Å². The zero-order valence-electron chi connectivity index (χ0n) is 31.9. The van der Waals surface area contributed by atoms with Gasteiger partial charge in [-0.3, -0.25) is 9.59 Å². The molecule has 0 spiro atoms. The summed E-state index contributed by atoms with van der Waals surface area (Å²) in [4.78, 5) is 50.2. The average molecular weight is 821 g/mol. The van der Waals surface area contributed by atoms with E-state index in [1.165, 1.54) is 0 Å². The molecule has 304 valence electrons. The van der Waals surface area contributed by atoms with E-state index in [0.29, 0.717) is 23.8 Å². The number of rotatable bonds is 11. The van der Waals surface area contributed by atoms with Crippen molar-refractivity contribution in [2.75, 3.05) is 0 Å². The first kappa shape index (κ1) is 41.3. The molecule has 6 aromatic rings. The number of Topliss-reactive ketones (excluding diaryl/α,β-unsaturated/α-hetero) is 2. The van der Waals surface area contributed by atoms with Crippen molar-refractivity contribution in [2.45, 2.75) is 49.9 Å². The summed E-state index contributed by atoms with van der Waals surface area (Å²) in [7, 11) is 0. The molecule has 0 aromatic heterocycles. The SMILES string of the molecule is CCc1ccc(C2(c3ccc(CC(=O)c4ccc(C(c5ccc(C(=O)O)c(C(C)=O)c5)(C(F)(F)F)C(F)(F)F)cc4C(=O)O)cc3)c3ccccc3-c3ccccc32)cc1. The Bertz CT molecular complexity index is 2640. The van der Waals surface area contributed by atoms with E-state index in [1.54, 1.807) is 12.1 Å². The number of carboxylic acids is 2. The first-order chi connectivity index (χ1) is 28.4. The van der Waals surface area contributed by atoms with E-state index < -0.39 is 86.5 Å². The lowest BCUT2D eigenvalue weighted by Gasteiger charge is -2.38. The van der Waals surface area contributed by atoms with Gasteiger partial charge in [0.2, 0.25) is 5.41 Å². The molecule has 1 aliphatic carbocycles. The minimum atomic E-state index is -6.21. The summed E-state index contributed by atoms with van der Waals surface area (Å²) in [6, 6.07) is 33.6. The summed E-state index contributed by atoms with van der Waals surface area (Å²) in [5.41, 5.74) is -4.81. The molecular weight excluding hydrogens is 787 g/mol. The van der Waals surface area contributed by atoms with Gasteiger partial charge in [0, 0.05) is 17.5 Å². The predicted molar refractivity (Wildman–Crippen MR) is 211 cm³/mol. The van der Waals surface area contributed by atoms with E-state index in [0.717, 1.165) is 52.3 Å². The van der Waals surface area contributed by atoms with Gasteiger partial charge in [-0.15, -0.1) is 0 Å². The Morgan fingerprint density at radius 3 is 1.40 bits per heavy atom. The van der Waals surface area contributed by atoms with Crippen LogP contribution in [0.15, 0.2) is 133 Å². The summed E-state index contributed by atoms with van der Waals surface area (Å²) in [5, 5.41) is 19.6. The number of carboxylic acid groups (broad SMARTS) is 2. The highest BCUT2D eigenvalue weighted by molar-refractivity contribution is 6.07. The fourth-order valence-corrected chi connectivity index (χ4v) is 8.60. The Kier molecular flexibility index (Phi) is 10.4. The van der Waals surface area contributed by atoms with Crippen molar-refractivity contribution in [1.82, 2.24) is 0 Å². The van der Waals surface area contributed by atoms with E-state index in [9.17, 15) is 29.4 Å². The third kappa shape index (κ3) is 6.47. The minimum Gasteiger partial charge on any atom is -0.478 e. The van der Waals surface area contributed by atoms with Gasteiger partial charge in [0.25, 0.3) is 0 Å². The molecule has 0 radical (unpaired) electrons. The second kappa shape index (κ2) is 15.1. The maximum Gasteiger partial charge on any atom is 0.411 e. The van der Waals surface area contributed by atoms with E-state index in [-0.39, 0.29) is 18.2 Å². The highest BCUT2D eigenvalue weighted by Gasteiger charge is 2.72. The smallest absolute Gasteiger partial charge is 0.411 e. The lowest BCUT2D eigenvalue weighted by molar-refractivity contribution is -0.288. The number of hydrogen-bond donors (Lipinski definition) is 2. The first-order valence-electron chi connectivity index (χ1n) is 18.7. The van der Waals surface area contributed by atoms with E-state index in [2.05, 4.69) is 55.5 Å². The minimum absolute atomic E-state index is 0.154. The maximum absolute atomic E-state index is 15.1. The number of benzene rings is 6. The van der Waals surface area contributed by atoms with Crippen molar-refractivity contribution in [1.29, 1.82) is 0 Å². The maximum atomic E-state index is 15.1. The van der Waals surface area contributed by atoms with E-state index >= 15 is 26.3 Å². The lowest BCUT2D eigenvalue weighted by Crippen LogP contribution is -2.55. The molecule has 0 unspecified atom stereocenters. The van der Waals surface area contributed by atoms with Crippen LogP contribution in [0.1, 0.15) is 99.8 Å². The summed E-state index contributed by atoms with van der Waals surface area (Å²) in [6.45, 7) is 2.84. The van der Waals surface area contributed by atoms with Crippen LogP contribution >= 0.6 is 0 Å². The van der Waals surface area contributed by atoms with Gasteiger partial charge in [-0.25, -0.2) is 9.59 Å². The normalized spacial score (nSPS) is 13.3. The van der Waals surface area contributed by atoms with Gasteiger partial charge in [-0.1, -0.05) is 122 Å². The molecule has 6 aromatic carbocycles. The molecule has 12 heteroatoms. The molecule has 60 heavy (non-hydrogen) atoms. The quantitative estimate of drug-likeness (QED) is 0.0994. The van der Waals surface area contributed by atoms with Crippen LogP contribution in [-0.4, -0.2) is 46.1 Å². The fraction of sp³-hybridized carbons (Fsp3) is 0.167. The Morgan fingerprint density at radius 2 is 0.967 bits per heavy atom. The van der Waals surface area contributed by atoms with Gasteiger partial charge in [0.15, 0.2) is 11.6 Å². The summed E-state index contributed by atoms with van der Waals surface area (Å²) >= 11 is 0. The molecular formula is C48H34F6O6. The number of carbonyl (C=O) groups excluding carboxylic acids is 2. The molecule has 7 rings (SSSR count). The van der Waals surface area contributed by atoms with Crippen LogP contribution in [0, 0.1) is 0 Å². The molecule has 6 nitrogen and oxygen atoms in total. The molecule has 0 bridgehead atoms. The molecule has 0 heterocycles. The zero-order chi connectivity index (χ0) is 43.4. The Hall–Kier alpha value is -6.82. The standard InChI is InChI=1S/C48H34F6O6/c1-3-28-12-16-30(17-13-28)45(40-10-6-4-8-34(40)35-9-5-7-11-41(35)45)31-18-14-29(15-19-31)24-42(56)36-22-20-33(26-39(36)44(59)60)46(47(49,50)51,48(52,53)54)32-21-23-37(43(57)58)38(25-32)27(2)55/h4-23,25-26H,3,24H2,1-2H3,(H,57,58)(H,59,60). The van der Waals surface area contributed by atoms with Crippen molar-refractivity contribution in [3.8, 4) is 11.1 Å². The molecule has 0 atom stereocenters. The molecule has 2 N–H and O–H groups in total. The number of fused-ring (bicyclic) bond motifs is 3. The largest absolute Gasteiger partial charge is 0.478 e. The third-order valence-electron chi connectivity index (χ3n) is 11.4. The van der Waals surface area contributed by atoms with Gasteiger partial charge in [-0.2, -0.15) is 26.3 Å². The third-order valence-corrected chi connectivity index (χ3v) is 11.4. The summed E-state index contributed by atoms with van der Waals surface area (Å²) in [5.74, 6) is -5.74. The van der Waals surface area contributed by atoms with Crippen LogP contribution in [0.5, 0.6) is 0 Å². The highest BCUT2D eigenvalue weighted by Crippen LogP contribution is 2.58. The zero-order valence-corrected chi connectivity index (χ0v) is 31.9. The van der Waals surface area contributed by atoms with Crippen molar-refractivity contribution >= 4 is 23.5 Å². The van der Waals surface area contributed by atoms with Gasteiger partial charge in [0.1, 0.15) is 0 Å². The Balaban J connectivity index is 1.30. The van der Waals surface area contributed by atoms with Crippen molar-refractivity contribution in [3.63, 3.8) is 0 Å². The number of aryl methyl sites for hydroxylation is 1. The average Bonchev–Trinajstić information content (AvgIpc) is 3.51. The number of carbonyl (C=O) groups is 4. The molecule has 0 saturated heterocycles. The first-order valence-corrected chi connectivity index (χ1v) is 18.7. The molecule has 0 fully saturated rings. The molecule has 0 saturated carbocycles. The second-order valence-electron chi connectivity index (χ2n) is 14.6. The fourth-order valence-electron chi connectivity index (χ4n) is 8.60. The topological polar surface area (TPSA) is 109 Å². The second-order valence-corrected chi connectivity index (χ2v) is 14.6. The van der Waals surface area contributed by atoms with Crippen LogP contribution in [0.25, 0.3) is 11.1 Å². The Morgan fingerprint density at radius 1 is 0.533 bits per heavy atom. The number of ketones is 2. The Labute approximate surface area is 339 Å². The van der Waals surface area contributed by atoms with Crippen molar-refractivity contribution in [3.05, 3.63) is 200 Å². The van der Waals surface area contributed by atoms with Crippen LogP contribution in [0.3, 0.4) is 0 Å². The summed E-state index contributed by atoms with van der Waals surface area (Å²) in [6.07, 6.45) is -12.0. The van der Waals surface area contributed by atoms with Crippen LogP contribution in [-0.2, 0) is 23.7 Å². The monoisotopic (exact) mass is 820 g/mol. The molecule has 1 aliphatic rings. The molecule has 0 amide bonds. The van der Waals surface area contributed by atoms with Crippen LogP contribution in [0.4, 0.5) is 26.3 Å². The number of alkyl halides is 6. The van der Waals surface area contributed by atoms with Crippen LogP contribution < -0.4 is 0 Å². The van der Waals surface area contributed by atoms with Crippen molar-refractivity contribution in [2.24, 2.45) is 0 Å². The van der Waals surface area contributed by atoms with Gasteiger partial charge in [-0.05, 0) is 87.2 Å². The lowest BCUT2D eigenvalue weighted by atomic mass is 9.67.